The Hall–Kier alpha value is -1.75. The fourth-order valence-corrected chi connectivity index (χ4v) is 1.91. The minimum atomic E-state index is -4.38. The summed E-state index contributed by atoms with van der Waals surface area (Å²) < 4.78 is 41.8. The number of aliphatic hydroxyl groups is 1. The molecule has 102 valence electrons. The third kappa shape index (κ3) is 3.38. The van der Waals surface area contributed by atoms with Crippen LogP contribution >= 0.6 is 0 Å². The molecule has 2 aromatic carbocycles. The molecule has 1 atom stereocenters. The van der Waals surface area contributed by atoms with Crippen LogP contribution in [-0.2, 0) is 0 Å². The number of rotatable bonds is 3. The first-order chi connectivity index (χ1) is 8.89. The Morgan fingerprint density at radius 1 is 1.11 bits per heavy atom. The van der Waals surface area contributed by atoms with Crippen LogP contribution in [-0.4, -0.2) is 18.4 Å². The number of benzene rings is 2. The summed E-state index contributed by atoms with van der Waals surface area (Å²) in [5.74, 6) is 0.677. The maximum Gasteiger partial charge on any atom is 0.391 e. The number of hydrogen-bond acceptors (Lipinski definition) is 2. The van der Waals surface area contributed by atoms with Gasteiger partial charge in [-0.05, 0) is 34.5 Å². The average molecular weight is 270 g/mol. The number of ether oxygens (including phenoxy) is 1. The van der Waals surface area contributed by atoms with Crippen molar-refractivity contribution in [1.82, 2.24) is 0 Å². The van der Waals surface area contributed by atoms with E-state index in [4.69, 9.17) is 4.74 Å². The summed E-state index contributed by atoms with van der Waals surface area (Å²) in [5.41, 5.74) is 0.259. The molecule has 0 aliphatic heterocycles. The molecule has 0 saturated heterocycles. The quantitative estimate of drug-likeness (QED) is 0.918. The molecule has 1 N–H and O–H groups in total. The summed E-state index contributed by atoms with van der Waals surface area (Å²) in [6.07, 6.45) is -7.16. The minimum Gasteiger partial charge on any atom is -0.497 e. The second kappa shape index (κ2) is 5.09. The van der Waals surface area contributed by atoms with Gasteiger partial charge in [-0.1, -0.05) is 18.2 Å². The Labute approximate surface area is 108 Å². The van der Waals surface area contributed by atoms with Crippen molar-refractivity contribution >= 4 is 10.8 Å². The first-order valence-corrected chi connectivity index (χ1v) is 5.71. The summed E-state index contributed by atoms with van der Waals surface area (Å²) in [4.78, 5) is 0. The molecule has 2 nitrogen and oxygen atoms in total. The molecule has 2 rings (SSSR count). The molecule has 0 amide bonds. The van der Waals surface area contributed by atoms with Gasteiger partial charge in [-0.25, -0.2) is 0 Å². The summed E-state index contributed by atoms with van der Waals surface area (Å²) in [5, 5.41) is 11.2. The fraction of sp³-hybridized carbons (Fsp3) is 0.286. The lowest BCUT2D eigenvalue weighted by Gasteiger charge is -2.14. The Kier molecular flexibility index (Phi) is 3.66. The maximum absolute atomic E-state index is 12.2. The Balaban J connectivity index is 2.31. The summed E-state index contributed by atoms with van der Waals surface area (Å²) >= 11 is 0. The lowest BCUT2D eigenvalue weighted by atomic mass is 10.0. The van der Waals surface area contributed by atoms with Crippen molar-refractivity contribution in [1.29, 1.82) is 0 Å². The van der Waals surface area contributed by atoms with Crippen LogP contribution in [0.3, 0.4) is 0 Å². The maximum atomic E-state index is 12.2. The molecule has 0 fully saturated rings. The standard InChI is InChI=1S/C14H13F3O2/c1-19-12-5-4-9-6-11(3-2-10(9)7-12)13(18)8-14(15,16)17/h2-7,13,18H,8H2,1H3. The van der Waals surface area contributed by atoms with E-state index < -0.39 is 18.7 Å². The molecule has 0 bridgehead atoms. The zero-order valence-corrected chi connectivity index (χ0v) is 10.2. The smallest absolute Gasteiger partial charge is 0.391 e. The van der Waals surface area contributed by atoms with E-state index >= 15 is 0 Å². The zero-order chi connectivity index (χ0) is 14.0. The molecule has 0 spiro atoms. The molecule has 1 unspecified atom stereocenters. The van der Waals surface area contributed by atoms with Crippen molar-refractivity contribution < 1.29 is 23.0 Å². The molecule has 0 aliphatic carbocycles. The van der Waals surface area contributed by atoms with E-state index in [0.29, 0.717) is 5.75 Å². The van der Waals surface area contributed by atoms with Gasteiger partial charge in [-0.15, -0.1) is 0 Å². The predicted octanol–water partition coefficient (Wildman–Crippen LogP) is 3.83. The topological polar surface area (TPSA) is 29.5 Å². The lowest BCUT2D eigenvalue weighted by Crippen LogP contribution is -2.13. The Morgan fingerprint density at radius 2 is 1.74 bits per heavy atom. The van der Waals surface area contributed by atoms with Gasteiger partial charge in [0.1, 0.15) is 5.75 Å². The van der Waals surface area contributed by atoms with Crippen molar-refractivity contribution in [3.8, 4) is 5.75 Å². The SMILES string of the molecule is COc1ccc2cc(C(O)CC(F)(F)F)ccc2c1. The van der Waals surface area contributed by atoms with Crippen LogP contribution < -0.4 is 4.74 Å². The number of methoxy groups -OCH3 is 1. The van der Waals surface area contributed by atoms with Crippen molar-refractivity contribution in [3.05, 3.63) is 42.0 Å². The molecule has 0 saturated carbocycles. The molecule has 0 radical (unpaired) electrons. The molecule has 2 aromatic rings. The number of aliphatic hydroxyl groups excluding tert-OH is 1. The molecule has 0 aromatic heterocycles. The average Bonchev–Trinajstić information content (AvgIpc) is 2.35. The van der Waals surface area contributed by atoms with Gasteiger partial charge in [0.2, 0.25) is 0 Å². The van der Waals surface area contributed by atoms with E-state index in [-0.39, 0.29) is 5.56 Å². The molecule has 5 heteroatoms. The Bertz CT molecular complexity index is 578. The highest BCUT2D eigenvalue weighted by Gasteiger charge is 2.31. The van der Waals surface area contributed by atoms with Crippen LogP contribution in [0.15, 0.2) is 36.4 Å². The van der Waals surface area contributed by atoms with Gasteiger partial charge in [0, 0.05) is 0 Å². The van der Waals surface area contributed by atoms with Crippen LogP contribution in [0.2, 0.25) is 0 Å². The summed E-state index contributed by atoms with van der Waals surface area (Å²) in [6.45, 7) is 0. The fourth-order valence-electron chi connectivity index (χ4n) is 1.91. The van der Waals surface area contributed by atoms with Crippen LogP contribution in [0.25, 0.3) is 10.8 Å². The van der Waals surface area contributed by atoms with Gasteiger partial charge in [0.05, 0.1) is 19.6 Å². The third-order valence-corrected chi connectivity index (χ3v) is 2.88. The van der Waals surface area contributed by atoms with Gasteiger partial charge in [-0.2, -0.15) is 13.2 Å². The van der Waals surface area contributed by atoms with E-state index in [9.17, 15) is 18.3 Å². The molecule has 19 heavy (non-hydrogen) atoms. The lowest BCUT2D eigenvalue weighted by molar-refractivity contribution is -0.154. The van der Waals surface area contributed by atoms with Gasteiger partial charge < -0.3 is 9.84 Å². The highest BCUT2D eigenvalue weighted by molar-refractivity contribution is 5.84. The number of alkyl halides is 3. The normalized spacial score (nSPS) is 13.5. The largest absolute Gasteiger partial charge is 0.497 e. The van der Waals surface area contributed by atoms with Gasteiger partial charge in [-0.3, -0.25) is 0 Å². The van der Waals surface area contributed by atoms with Crippen LogP contribution in [0.4, 0.5) is 13.2 Å². The zero-order valence-electron chi connectivity index (χ0n) is 10.2. The van der Waals surface area contributed by atoms with E-state index in [1.54, 1.807) is 37.4 Å². The number of fused-ring (bicyclic) bond motifs is 1. The monoisotopic (exact) mass is 270 g/mol. The highest BCUT2D eigenvalue weighted by atomic mass is 19.4. The molecule has 0 aliphatic rings. The van der Waals surface area contributed by atoms with Crippen LogP contribution in [0, 0.1) is 0 Å². The van der Waals surface area contributed by atoms with E-state index in [1.165, 1.54) is 6.07 Å². The van der Waals surface area contributed by atoms with Gasteiger partial charge >= 0.3 is 6.18 Å². The summed E-state index contributed by atoms with van der Waals surface area (Å²) in [6, 6.07) is 9.99. The van der Waals surface area contributed by atoms with Gasteiger partial charge in [0.25, 0.3) is 0 Å². The number of halogens is 3. The minimum absolute atomic E-state index is 0.259. The van der Waals surface area contributed by atoms with Crippen molar-refractivity contribution in [2.45, 2.75) is 18.7 Å². The van der Waals surface area contributed by atoms with Crippen LogP contribution in [0.1, 0.15) is 18.1 Å². The summed E-state index contributed by atoms with van der Waals surface area (Å²) in [7, 11) is 1.54. The first kappa shape index (κ1) is 13.7. The van der Waals surface area contributed by atoms with Crippen molar-refractivity contribution in [2.24, 2.45) is 0 Å². The molecular formula is C14H13F3O2. The van der Waals surface area contributed by atoms with E-state index in [1.807, 2.05) is 0 Å². The van der Waals surface area contributed by atoms with Crippen molar-refractivity contribution in [2.75, 3.05) is 7.11 Å². The number of hydrogen-bond donors (Lipinski definition) is 1. The second-order valence-electron chi connectivity index (χ2n) is 4.31. The van der Waals surface area contributed by atoms with E-state index in [0.717, 1.165) is 10.8 Å². The first-order valence-electron chi connectivity index (χ1n) is 5.71. The predicted molar refractivity (Wildman–Crippen MR) is 66.1 cm³/mol. The van der Waals surface area contributed by atoms with Crippen molar-refractivity contribution in [3.63, 3.8) is 0 Å². The van der Waals surface area contributed by atoms with E-state index in [2.05, 4.69) is 0 Å². The third-order valence-electron chi connectivity index (χ3n) is 2.88. The highest BCUT2D eigenvalue weighted by Crippen LogP contribution is 2.31. The Morgan fingerprint density at radius 3 is 2.37 bits per heavy atom. The molecule has 0 heterocycles. The van der Waals surface area contributed by atoms with Gasteiger partial charge in [0.15, 0.2) is 0 Å². The second-order valence-corrected chi connectivity index (χ2v) is 4.31. The molecular weight excluding hydrogens is 257 g/mol. The van der Waals surface area contributed by atoms with Crippen LogP contribution in [0.5, 0.6) is 5.75 Å².